The zero-order chi connectivity index (χ0) is 19.5. The molecule has 1 amide bonds. The number of hydrogen-bond donors (Lipinski definition) is 1. The molecule has 5 rings (SSSR count). The molecule has 2 aliphatic heterocycles. The lowest BCUT2D eigenvalue weighted by Gasteiger charge is -2.29. The van der Waals surface area contributed by atoms with Crippen LogP contribution in [0.1, 0.15) is 32.8 Å². The van der Waals surface area contributed by atoms with E-state index >= 15 is 0 Å². The number of anilines is 1. The fraction of sp³-hybridized carbons (Fsp3) is 0.292. The van der Waals surface area contributed by atoms with E-state index in [9.17, 15) is 4.79 Å². The topological polar surface area (TPSA) is 41.6 Å². The summed E-state index contributed by atoms with van der Waals surface area (Å²) in [6, 6.07) is 19.1. The van der Waals surface area contributed by atoms with Crippen LogP contribution in [0.3, 0.4) is 0 Å². The van der Waals surface area contributed by atoms with E-state index in [2.05, 4.69) is 42.7 Å². The van der Waals surface area contributed by atoms with E-state index in [0.717, 1.165) is 35.4 Å². The lowest BCUT2D eigenvalue weighted by atomic mass is 9.91. The van der Waals surface area contributed by atoms with Gasteiger partial charge in [-0.3, -0.25) is 10.2 Å². The highest BCUT2D eigenvalue weighted by Gasteiger charge is 2.51. The van der Waals surface area contributed by atoms with E-state index in [1.807, 2.05) is 43.1 Å². The maximum atomic E-state index is 12.6. The standard InChI is InChI=1S/C24H24N2O2/c1-4-7-15-10-12-17-16(14-15)11-13-20-21(17)18-8-5-6-9-19(18)26-23(28-20)24(2,3)22(27)25-26/h5-6,8-14,23H,4,7H2,1-3H3,(H,25,27). The van der Waals surface area contributed by atoms with E-state index in [-0.39, 0.29) is 5.91 Å². The SMILES string of the molecule is CCCc1ccc2c3c(ccc2c1)OC1N(NC(=O)C1(C)C)c1ccccc1-3. The summed E-state index contributed by atoms with van der Waals surface area (Å²) in [5.74, 6) is 0.793. The largest absolute Gasteiger partial charge is 0.467 e. The third kappa shape index (κ3) is 2.34. The molecule has 28 heavy (non-hydrogen) atoms. The zero-order valence-electron chi connectivity index (χ0n) is 16.5. The highest BCUT2D eigenvalue weighted by atomic mass is 16.5. The molecule has 4 heteroatoms. The van der Waals surface area contributed by atoms with Crippen LogP contribution in [0.25, 0.3) is 21.9 Å². The van der Waals surface area contributed by atoms with Crippen molar-refractivity contribution < 1.29 is 9.53 Å². The van der Waals surface area contributed by atoms with Crippen molar-refractivity contribution in [3.05, 3.63) is 60.2 Å². The van der Waals surface area contributed by atoms with Crippen molar-refractivity contribution in [1.82, 2.24) is 5.43 Å². The minimum absolute atomic E-state index is 0.0271. The van der Waals surface area contributed by atoms with Gasteiger partial charge in [0.05, 0.1) is 5.69 Å². The molecular formula is C24H24N2O2. The number of hydrazine groups is 1. The van der Waals surface area contributed by atoms with Crippen molar-refractivity contribution in [1.29, 1.82) is 0 Å². The Bertz CT molecular complexity index is 1100. The van der Waals surface area contributed by atoms with Crippen molar-refractivity contribution >= 4 is 22.4 Å². The summed E-state index contributed by atoms with van der Waals surface area (Å²) in [7, 11) is 0. The smallest absolute Gasteiger partial charge is 0.250 e. The van der Waals surface area contributed by atoms with Crippen LogP contribution in [0.2, 0.25) is 0 Å². The van der Waals surface area contributed by atoms with Crippen molar-refractivity contribution in [2.75, 3.05) is 5.01 Å². The second kappa shape index (κ2) is 5.99. The fourth-order valence-electron chi connectivity index (χ4n) is 4.33. The van der Waals surface area contributed by atoms with E-state index in [0.29, 0.717) is 0 Å². The Labute approximate surface area is 165 Å². The number of rotatable bonds is 2. The minimum atomic E-state index is -0.658. The fourth-order valence-corrected chi connectivity index (χ4v) is 4.33. The van der Waals surface area contributed by atoms with Gasteiger partial charge in [0, 0.05) is 11.1 Å². The number of para-hydroxylation sites is 1. The third-order valence-electron chi connectivity index (χ3n) is 5.92. The van der Waals surface area contributed by atoms with Crippen molar-refractivity contribution in [2.45, 2.75) is 39.8 Å². The Balaban J connectivity index is 1.78. The number of nitrogens with one attached hydrogen (secondary N) is 1. The molecular weight excluding hydrogens is 348 g/mol. The van der Waals surface area contributed by atoms with Crippen LogP contribution in [0, 0.1) is 5.41 Å². The van der Waals surface area contributed by atoms with E-state index in [4.69, 9.17) is 4.74 Å². The van der Waals surface area contributed by atoms with Gasteiger partial charge in [-0.15, -0.1) is 0 Å². The molecule has 1 N–H and O–H groups in total. The Morgan fingerprint density at radius 3 is 2.75 bits per heavy atom. The van der Waals surface area contributed by atoms with Gasteiger partial charge in [0.1, 0.15) is 11.2 Å². The number of aryl methyl sites for hydroxylation is 1. The van der Waals surface area contributed by atoms with Gasteiger partial charge in [-0.25, -0.2) is 5.01 Å². The average Bonchev–Trinajstić information content (AvgIpc) is 2.83. The van der Waals surface area contributed by atoms with Gasteiger partial charge in [-0.05, 0) is 48.7 Å². The van der Waals surface area contributed by atoms with Gasteiger partial charge in [-0.2, -0.15) is 0 Å². The third-order valence-corrected chi connectivity index (χ3v) is 5.92. The Morgan fingerprint density at radius 1 is 1.11 bits per heavy atom. The van der Waals surface area contributed by atoms with Crippen LogP contribution < -0.4 is 15.2 Å². The van der Waals surface area contributed by atoms with Crippen LogP contribution in [0.5, 0.6) is 5.75 Å². The van der Waals surface area contributed by atoms with Gasteiger partial charge in [0.15, 0.2) is 0 Å². The molecule has 0 saturated carbocycles. The maximum absolute atomic E-state index is 12.6. The Morgan fingerprint density at radius 2 is 1.93 bits per heavy atom. The highest BCUT2D eigenvalue weighted by Crippen LogP contribution is 2.48. The Kier molecular flexibility index (Phi) is 3.66. The number of fused-ring (bicyclic) bond motifs is 7. The maximum Gasteiger partial charge on any atom is 0.250 e. The molecule has 0 bridgehead atoms. The predicted octanol–water partition coefficient (Wildman–Crippen LogP) is 5.06. The van der Waals surface area contributed by atoms with Crippen LogP contribution in [-0.2, 0) is 11.2 Å². The number of hydrogen-bond acceptors (Lipinski definition) is 3. The summed E-state index contributed by atoms with van der Waals surface area (Å²) < 4.78 is 6.48. The van der Waals surface area contributed by atoms with Crippen LogP contribution in [0.4, 0.5) is 5.69 Å². The molecule has 1 saturated heterocycles. The Hall–Kier alpha value is -3.01. The summed E-state index contributed by atoms with van der Waals surface area (Å²) in [6.07, 6.45) is 1.81. The number of benzene rings is 3. The van der Waals surface area contributed by atoms with Crippen molar-refractivity contribution in [3.8, 4) is 16.9 Å². The number of carbonyl (C=O) groups is 1. The molecule has 3 aromatic rings. The molecule has 1 atom stereocenters. The second-order valence-electron chi connectivity index (χ2n) is 8.26. The van der Waals surface area contributed by atoms with Gasteiger partial charge in [0.2, 0.25) is 12.1 Å². The second-order valence-corrected chi connectivity index (χ2v) is 8.26. The molecule has 0 spiro atoms. The normalized spacial score (nSPS) is 19.3. The van der Waals surface area contributed by atoms with Crippen LogP contribution in [0.15, 0.2) is 54.6 Å². The highest BCUT2D eigenvalue weighted by molar-refractivity contribution is 6.04. The lowest BCUT2D eigenvalue weighted by molar-refractivity contribution is -0.128. The summed E-state index contributed by atoms with van der Waals surface area (Å²) in [4.78, 5) is 12.6. The van der Waals surface area contributed by atoms with Crippen LogP contribution >= 0.6 is 0 Å². The average molecular weight is 372 g/mol. The van der Waals surface area contributed by atoms with Gasteiger partial charge >= 0.3 is 0 Å². The molecule has 1 fully saturated rings. The number of ether oxygens (including phenoxy) is 1. The molecule has 0 radical (unpaired) electrons. The van der Waals surface area contributed by atoms with Crippen molar-refractivity contribution in [3.63, 3.8) is 0 Å². The zero-order valence-corrected chi connectivity index (χ0v) is 16.5. The van der Waals surface area contributed by atoms with Gasteiger partial charge in [0.25, 0.3) is 0 Å². The molecule has 1 unspecified atom stereocenters. The first-order valence-electron chi connectivity index (χ1n) is 9.92. The number of carbonyl (C=O) groups excluding carboxylic acids is 1. The molecule has 142 valence electrons. The lowest BCUT2D eigenvalue weighted by Crippen LogP contribution is -2.43. The molecule has 3 aromatic carbocycles. The van der Waals surface area contributed by atoms with Crippen molar-refractivity contribution in [2.24, 2.45) is 5.41 Å². The number of amides is 1. The monoisotopic (exact) mass is 372 g/mol. The predicted molar refractivity (Wildman–Crippen MR) is 112 cm³/mol. The molecule has 2 aliphatic rings. The van der Waals surface area contributed by atoms with Gasteiger partial charge in [-0.1, -0.05) is 55.8 Å². The summed E-state index contributed by atoms with van der Waals surface area (Å²) >= 11 is 0. The first-order valence-corrected chi connectivity index (χ1v) is 9.92. The first-order chi connectivity index (χ1) is 13.5. The first kappa shape index (κ1) is 17.1. The number of nitrogens with zero attached hydrogens (tertiary/aromatic N) is 1. The molecule has 0 aliphatic carbocycles. The molecule has 2 heterocycles. The van der Waals surface area contributed by atoms with Gasteiger partial charge < -0.3 is 4.74 Å². The van der Waals surface area contributed by atoms with E-state index in [1.54, 1.807) is 0 Å². The van der Waals surface area contributed by atoms with Crippen LogP contribution in [-0.4, -0.2) is 12.1 Å². The minimum Gasteiger partial charge on any atom is -0.467 e. The summed E-state index contributed by atoms with van der Waals surface area (Å²) in [6.45, 7) is 6.06. The molecule has 4 nitrogen and oxygen atoms in total. The van der Waals surface area contributed by atoms with E-state index < -0.39 is 11.6 Å². The molecule has 0 aromatic heterocycles. The quantitative estimate of drug-likeness (QED) is 0.684. The van der Waals surface area contributed by atoms with E-state index in [1.165, 1.54) is 16.3 Å². The summed E-state index contributed by atoms with van der Waals surface area (Å²) in [5, 5.41) is 4.28. The summed E-state index contributed by atoms with van der Waals surface area (Å²) in [5.41, 5.74) is 6.85.